The second-order valence-electron chi connectivity index (χ2n) is 6.05. The van der Waals surface area contributed by atoms with Crippen molar-refractivity contribution in [1.29, 1.82) is 0 Å². The van der Waals surface area contributed by atoms with Crippen LogP contribution >= 0.6 is 0 Å². The zero-order valence-corrected chi connectivity index (χ0v) is 16.0. The summed E-state index contributed by atoms with van der Waals surface area (Å²) in [6, 6.07) is 18.9. The first kappa shape index (κ1) is 19.9. The molecule has 0 radical (unpaired) electrons. The zero-order valence-electron chi connectivity index (χ0n) is 16.0. The fourth-order valence-electron chi connectivity index (χ4n) is 2.59. The van der Waals surface area contributed by atoms with Gasteiger partial charge in [-0.15, -0.1) is 0 Å². The molecule has 0 saturated carbocycles. The summed E-state index contributed by atoms with van der Waals surface area (Å²) in [5, 5.41) is 0. The van der Waals surface area contributed by atoms with Crippen LogP contribution in [0, 0.1) is 12.5 Å². The first-order valence-corrected chi connectivity index (χ1v) is 8.93. The largest absolute Gasteiger partial charge is 0.361 e. The van der Waals surface area contributed by atoms with Crippen LogP contribution < -0.4 is 0 Å². The summed E-state index contributed by atoms with van der Waals surface area (Å²) in [5.41, 5.74) is 5.19. The van der Waals surface area contributed by atoms with E-state index in [1.54, 1.807) is 12.4 Å². The average Bonchev–Trinajstić information content (AvgIpc) is 2.70. The van der Waals surface area contributed by atoms with Crippen LogP contribution in [0.4, 0.5) is 5.69 Å². The van der Waals surface area contributed by atoms with Gasteiger partial charge >= 0.3 is 0 Å². The van der Waals surface area contributed by atoms with E-state index in [1.807, 2.05) is 36.2 Å². The molecule has 0 atom stereocenters. The maximum Gasteiger partial charge on any atom is 0.101 e. The van der Waals surface area contributed by atoms with Crippen molar-refractivity contribution in [3.05, 3.63) is 78.9 Å². The molecule has 0 amide bonds. The minimum atomic E-state index is 0.744. The predicted octanol–water partition coefficient (Wildman–Crippen LogP) is 5.63. The van der Waals surface area contributed by atoms with Crippen molar-refractivity contribution in [1.82, 2.24) is 4.90 Å². The van der Waals surface area contributed by atoms with Gasteiger partial charge in [-0.1, -0.05) is 68.5 Å². The molecule has 0 saturated heterocycles. The number of terminal acetylenes is 1. The molecule has 0 spiro atoms. The van der Waals surface area contributed by atoms with Gasteiger partial charge < -0.3 is 4.90 Å². The van der Waals surface area contributed by atoms with Crippen molar-refractivity contribution < 1.29 is 0 Å². The molecule has 2 rings (SSSR count). The molecule has 0 aliphatic carbocycles. The summed E-state index contributed by atoms with van der Waals surface area (Å²) in [5.74, 6) is 0. The summed E-state index contributed by atoms with van der Waals surface area (Å²) in [6.45, 7) is 6.71. The normalized spacial score (nSPS) is 11.7. The van der Waals surface area contributed by atoms with E-state index in [9.17, 15) is 0 Å². The Balaban J connectivity index is 2.28. The molecule has 2 aromatic carbocycles. The van der Waals surface area contributed by atoms with E-state index in [-0.39, 0.29) is 0 Å². The molecule has 27 heavy (non-hydrogen) atoms. The summed E-state index contributed by atoms with van der Waals surface area (Å²) < 4.78 is 0. The van der Waals surface area contributed by atoms with E-state index >= 15 is 0 Å². The number of para-hydroxylation sites is 1. The zero-order chi connectivity index (χ0) is 19.5. The second-order valence-corrected chi connectivity index (χ2v) is 6.05. The highest BCUT2D eigenvalue weighted by Crippen LogP contribution is 2.30. The molecule has 0 aliphatic rings. The fraction of sp³-hybridized carbons (Fsp3) is 0.167. The van der Waals surface area contributed by atoms with Crippen LogP contribution in [0.3, 0.4) is 0 Å². The fourth-order valence-corrected chi connectivity index (χ4v) is 2.59. The molecule has 2 aromatic rings. The third kappa shape index (κ3) is 6.13. The molecule has 0 bridgehead atoms. The minimum absolute atomic E-state index is 0.744. The maximum atomic E-state index is 5.14. The van der Waals surface area contributed by atoms with Gasteiger partial charge in [-0.3, -0.25) is 0 Å². The Bertz CT molecular complexity index is 881. The number of benzene rings is 2. The van der Waals surface area contributed by atoms with E-state index in [0.717, 1.165) is 35.5 Å². The Kier molecular flexibility index (Phi) is 7.81. The van der Waals surface area contributed by atoms with E-state index in [1.165, 1.54) is 5.56 Å². The van der Waals surface area contributed by atoms with Crippen molar-refractivity contribution in [2.45, 2.75) is 19.9 Å². The van der Waals surface area contributed by atoms with E-state index in [0.29, 0.717) is 0 Å². The summed E-state index contributed by atoms with van der Waals surface area (Å²) in [6.07, 6.45) is 13.6. The highest BCUT2D eigenvalue weighted by Gasteiger charge is 2.05. The Hall–Kier alpha value is -3.38. The lowest BCUT2D eigenvalue weighted by Crippen LogP contribution is -2.15. The molecule has 0 fully saturated rings. The molecule has 0 heterocycles. The molecule has 136 valence electrons. The van der Waals surface area contributed by atoms with Gasteiger partial charge in [-0.2, -0.15) is 4.99 Å². The van der Waals surface area contributed by atoms with Gasteiger partial charge in [-0.05, 0) is 35.8 Å². The predicted molar refractivity (Wildman–Crippen MR) is 117 cm³/mol. The van der Waals surface area contributed by atoms with Crippen LogP contribution in [-0.2, 0) is 6.54 Å². The quantitative estimate of drug-likeness (QED) is 0.343. The standard InChI is InChI=1S/C24H25N3/c1-5-8-11-22(6-2)26-24-13-10-9-12-23(24)21-16-14-20(15-17-21)18-27(4)19-25-7-3/h3,6,8-17,19H,2,5,18H2,1,4H3/b11-8-,25-19?,26-22?. The van der Waals surface area contributed by atoms with Gasteiger partial charge in [0.25, 0.3) is 0 Å². The smallest absolute Gasteiger partial charge is 0.101 e. The highest BCUT2D eigenvalue weighted by molar-refractivity contribution is 6.05. The van der Waals surface area contributed by atoms with Crippen LogP contribution in [0.5, 0.6) is 0 Å². The minimum Gasteiger partial charge on any atom is -0.361 e. The number of nitrogens with zero attached hydrogens (tertiary/aromatic N) is 3. The first-order valence-electron chi connectivity index (χ1n) is 8.93. The molecular formula is C24H25N3. The van der Waals surface area contributed by atoms with E-state index in [4.69, 9.17) is 11.4 Å². The van der Waals surface area contributed by atoms with Crippen LogP contribution in [0.25, 0.3) is 11.1 Å². The maximum absolute atomic E-state index is 5.14. The lowest BCUT2D eigenvalue weighted by molar-refractivity contribution is 0.516. The highest BCUT2D eigenvalue weighted by atomic mass is 15.1. The Morgan fingerprint density at radius 3 is 2.59 bits per heavy atom. The van der Waals surface area contributed by atoms with Crippen molar-refractivity contribution in [3.63, 3.8) is 0 Å². The Morgan fingerprint density at radius 1 is 1.19 bits per heavy atom. The van der Waals surface area contributed by atoms with Crippen LogP contribution in [-0.4, -0.2) is 24.0 Å². The summed E-state index contributed by atoms with van der Waals surface area (Å²) in [7, 11) is 1.94. The van der Waals surface area contributed by atoms with Gasteiger partial charge in [0.1, 0.15) is 6.34 Å². The Labute approximate surface area is 162 Å². The molecule has 3 heteroatoms. The topological polar surface area (TPSA) is 28.0 Å². The third-order valence-electron chi connectivity index (χ3n) is 3.91. The molecule has 0 N–H and O–H groups in total. The van der Waals surface area contributed by atoms with Crippen molar-refractivity contribution in [3.8, 4) is 23.6 Å². The number of hydrogen-bond acceptors (Lipinski definition) is 2. The molecule has 0 aliphatic heterocycles. The van der Waals surface area contributed by atoms with Crippen LogP contribution in [0.15, 0.2) is 83.3 Å². The van der Waals surface area contributed by atoms with E-state index < -0.39 is 0 Å². The third-order valence-corrected chi connectivity index (χ3v) is 3.91. The van der Waals surface area contributed by atoms with Crippen LogP contribution in [0.1, 0.15) is 18.9 Å². The summed E-state index contributed by atoms with van der Waals surface area (Å²) in [4.78, 5) is 10.5. The monoisotopic (exact) mass is 355 g/mol. The number of allylic oxidation sites excluding steroid dienone is 3. The van der Waals surface area contributed by atoms with Gasteiger partial charge in [0, 0.05) is 25.2 Å². The van der Waals surface area contributed by atoms with Gasteiger partial charge in [-0.25, -0.2) is 4.99 Å². The van der Waals surface area contributed by atoms with Gasteiger partial charge in [0.2, 0.25) is 0 Å². The number of rotatable bonds is 8. The average molecular weight is 355 g/mol. The van der Waals surface area contributed by atoms with Crippen molar-refractivity contribution in [2.75, 3.05) is 7.05 Å². The number of hydrogen-bond donors (Lipinski definition) is 0. The summed E-state index contributed by atoms with van der Waals surface area (Å²) >= 11 is 0. The lowest BCUT2D eigenvalue weighted by atomic mass is 10.0. The second kappa shape index (κ2) is 10.6. The lowest BCUT2D eigenvalue weighted by Gasteiger charge is -2.13. The SMILES string of the molecule is C#CN=CN(C)Cc1ccc(-c2ccccc2N=C(C=C)/C=C\CC)cc1. The Morgan fingerprint density at radius 2 is 1.93 bits per heavy atom. The molecule has 0 aromatic heterocycles. The van der Waals surface area contributed by atoms with Crippen molar-refractivity contribution >= 4 is 17.7 Å². The first-order chi connectivity index (χ1) is 13.2. The van der Waals surface area contributed by atoms with Gasteiger partial charge in [0.15, 0.2) is 0 Å². The van der Waals surface area contributed by atoms with Crippen LogP contribution in [0.2, 0.25) is 0 Å². The molecular weight excluding hydrogens is 330 g/mol. The van der Waals surface area contributed by atoms with Crippen molar-refractivity contribution in [2.24, 2.45) is 9.98 Å². The molecule has 0 unspecified atom stereocenters. The van der Waals surface area contributed by atoms with Gasteiger partial charge in [0.05, 0.1) is 11.4 Å². The van der Waals surface area contributed by atoms with E-state index in [2.05, 4.69) is 60.9 Å². The molecule has 3 nitrogen and oxygen atoms in total. The number of aliphatic imine (C=N–C) groups is 2.